The third kappa shape index (κ3) is 4.38. The van der Waals surface area contributed by atoms with Crippen molar-refractivity contribution in [3.63, 3.8) is 0 Å². The Hall–Kier alpha value is -2.37. The maximum atomic E-state index is 11.5. The van der Waals surface area contributed by atoms with Gasteiger partial charge in [0.05, 0.1) is 18.2 Å². The Morgan fingerprint density at radius 1 is 1.48 bits per heavy atom. The molecule has 1 saturated carbocycles. The van der Waals surface area contributed by atoms with Crippen LogP contribution in [0.4, 0.5) is 0 Å². The topological polar surface area (TPSA) is 79.2 Å². The number of carboxylic acids is 1. The van der Waals surface area contributed by atoms with Crippen molar-refractivity contribution < 1.29 is 19.4 Å². The summed E-state index contributed by atoms with van der Waals surface area (Å²) >= 11 is 0. The molecule has 2 aliphatic rings. The first-order valence-corrected chi connectivity index (χ1v) is 8.55. The van der Waals surface area contributed by atoms with Crippen molar-refractivity contribution in [2.24, 2.45) is 22.4 Å². The van der Waals surface area contributed by atoms with Gasteiger partial charge in [-0.3, -0.25) is 9.59 Å². The Labute approximate surface area is 148 Å². The van der Waals surface area contributed by atoms with Gasteiger partial charge in [-0.25, -0.2) is 0 Å². The van der Waals surface area contributed by atoms with Crippen molar-refractivity contribution >= 4 is 18.0 Å². The zero-order valence-electron chi connectivity index (χ0n) is 15.0. The van der Waals surface area contributed by atoms with E-state index in [0.717, 1.165) is 13.0 Å². The monoisotopic (exact) mass is 346 g/mol. The van der Waals surface area contributed by atoms with E-state index in [2.05, 4.69) is 17.3 Å². The van der Waals surface area contributed by atoms with Crippen LogP contribution < -0.4 is 0 Å². The number of hydrogen-bond donors (Lipinski definition) is 1. The third-order valence-electron chi connectivity index (χ3n) is 4.99. The lowest BCUT2D eigenvalue weighted by molar-refractivity contribution is -0.140. The summed E-state index contributed by atoms with van der Waals surface area (Å²) in [5, 5.41) is 15.6. The lowest BCUT2D eigenvalue weighted by Crippen LogP contribution is -2.26. The number of carbonyl (C=O) groups excluding carboxylic acids is 1. The standard InChI is InChI=1S/C19H26N2O4/c1-4-21(3)20-14(2)17(10-11-22)25-13-19(12-16(19)18(23)24)15-8-6-5-7-9-15/h5-8,10-11,15-16H,4,9,12-13H2,1-3H3,(H,23,24)/b17-10+,20-14-/t15?,16-,19+/m0/s1. The lowest BCUT2D eigenvalue weighted by atomic mass is 9.82. The average Bonchev–Trinajstić information content (AvgIpc) is 3.35. The molecule has 0 aromatic rings. The van der Waals surface area contributed by atoms with Crippen LogP contribution >= 0.6 is 0 Å². The first-order chi connectivity index (χ1) is 11.9. The summed E-state index contributed by atoms with van der Waals surface area (Å²) in [6.45, 7) is 4.74. The van der Waals surface area contributed by atoms with E-state index >= 15 is 0 Å². The number of aliphatic carboxylic acids is 1. The van der Waals surface area contributed by atoms with E-state index in [9.17, 15) is 14.7 Å². The Balaban J connectivity index is 2.14. The second-order valence-electron chi connectivity index (χ2n) is 6.60. The van der Waals surface area contributed by atoms with E-state index in [1.807, 2.05) is 26.1 Å². The van der Waals surface area contributed by atoms with Crippen LogP contribution in [0.15, 0.2) is 41.2 Å². The fourth-order valence-electron chi connectivity index (χ4n) is 3.26. The molecule has 0 heterocycles. The number of carbonyl (C=O) groups is 2. The van der Waals surface area contributed by atoms with Gasteiger partial charge in [-0.05, 0) is 32.6 Å². The second-order valence-corrected chi connectivity index (χ2v) is 6.60. The largest absolute Gasteiger partial charge is 0.491 e. The molecule has 6 heteroatoms. The molecular weight excluding hydrogens is 320 g/mol. The molecule has 6 nitrogen and oxygen atoms in total. The maximum absolute atomic E-state index is 11.5. The highest BCUT2D eigenvalue weighted by atomic mass is 16.5. The summed E-state index contributed by atoms with van der Waals surface area (Å²) in [7, 11) is 1.84. The van der Waals surface area contributed by atoms with Gasteiger partial charge in [0, 0.05) is 25.1 Å². The quantitative estimate of drug-likeness (QED) is 0.228. The summed E-state index contributed by atoms with van der Waals surface area (Å²) in [5.41, 5.74) is 0.171. The minimum absolute atomic E-state index is 0.131. The van der Waals surface area contributed by atoms with Crippen LogP contribution in [0.5, 0.6) is 0 Å². The zero-order chi connectivity index (χ0) is 18.4. The van der Waals surface area contributed by atoms with Gasteiger partial charge in [0.2, 0.25) is 0 Å². The summed E-state index contributed by atoms with van der Waals surface area (Å²) in [6, 6.07) is 0. The number of carboxylic acid groups (broad SMARTS) is 1. The number of hydrogen-bond acceptors (Lipinski definition) is 5. The molecule has 0 spiro atoms. The molecule has 0 bridgehead atoms. The fraction of sp³-hybridized carbons (Fsp3) is 0.526. The maximum Gasteiger partial charge on any atom is 0.307 e. The number of rotatable bonds is 9. The van der Waals surface area contributed by atoms with Crippen LogP contribution in [0, 0.1) is 17.3 Å². The smallest absolute Gasteiger partial charge is 0.307 e. The summed E-state index contributed by atoms with van der Waals surface area (Å²) < 4.78 is 5.90. The Kier molecular flexibility index (Phi) is 6.17. The lowest BCUT2D eigenvalue weighted by Gasteiger charge is -2.26. The molecule has 136 valence electrons. The predicted octanol–water partition coefficient (Wildman–Crippen LogP) is 2.64. The number of nitrogens with zero attached hydrogens (tertiary/aromatic N) is 2. The number of ether oxygens (including phenoxy) is 1. The van der Waals surface area contributed by atoms with Gasteiger partial charge in [0.15, 0.2) is 0 Å². The average molecular weight is 346 g/mol. The first kappa shape index (κ1) is 19.0. The van der Waals surface area contributed by atoms with Gasteiger partial charge in [0.25, 0.3) is 0 Å². The van der Waals surface area contributed by atoms with Crippen molar-refractivity contribution in [2.75, 3.05) is 20.2 Å². The van der Waals surface area contributed by atoms with E-state index in [1.54, 1.807) is 11.9 Å². The molecule has 1 unspecified atom stereocenters. The molecule has 1 N–H and O–H groups in total. The van der Waals surface area contributed by atoms with Crippen molar-refractivity contribution in [3.8, 4) is 0 Å². The molecule has 0 radical (unpaired) electrons. The van der Waals surface area contributed by atoms with Gasteiger partial charge >= 0.3 is 5.97 Å². The summed E-state index contributed by atoms with van der Waals surface area (Å²) in [6.07, 6.45) is 11.4. The van der Waals surface area contributed by atoms with E-state index in [4.69, 9.17) is 4.74 Å². The van der Waals surface area contributed by atoms with Crippen LogP contribution in [0.1, 0.15) is 26.7 Å². The van der Waals surface area contributed by atoms with Gasteiger partial charge in [-0.15, -0.1) is 0 Å². The SMILES string of the molecule is CCN(C)/N=C(C)\C(=C/C=O)OC[C@@]1(C2C=CC=CC2)C[C@H]1C(=O)O. The molecule has 0 amide bonds. The highest BCUT2D eigenvalue weighted by Gasteiger charge is 2.62. The highest BCUT2D eigenvalue weighted by molar-refractivity contribution is 5.98. The van der Waals surface area contributed by atoms with Crippen molar-refractivity contribution in [1.82, 2.24) is 5.01 Å². The van der Waals surface area contributed by atoms with E-state index in [1.165, 1.54) is 6.08 Å². The minimum atomic E-state index is -0.788. The molecule has 2 rings (SSSR count). The molecule has 0 aromatic carbocycles. The number of allylic oxidation sites excluding steroid dienone is 6. The van der Waals surface area contributed by atoms with E-state index in [0.29, 0.717) is 24.2 Å². The van der Waals surface area contributed by atoms with Crippen LogP contribution in [0.25, 0.3) is 0 Å². The van der Waals surface area contributed by atoms with E-state index in [-0.39, 0.29) is 12.5 Å². The summed E-state index contributed by atoms with van der Waals surface area (Å²) in [4.78, 5) is 22.5. The second kappa shape index (κ2) is 8.14. The van der Waals surface area contributed by atoms with E-state index < -0.39 is 17.3 Å². The predicted molar refractivity (Wildman–Crippen MR) is 96.1 cm³/mol. The number of aldehydes is 1. The van der Waals surface area contributed by atoms with Crippen molar-refractivity contribution in [2.45, 2.75) is 26.7 Å². The van der Waals surface area contributed by atoms with Gasteiger partial charge < -0.3 is 14.9 Å². The molecule has 1 fully saturated rings. The zero-order valence-corrected chi connectivity index (χ0v) is 15.0. The molecular formula is C19H26N2O4. The van der Waals surface area contributed by atoms with Gasteiger partial charge in [-0.1, -0.05) is 24.3 Å². The third-order valence-corrected chi connectivity index (χ3v) is 4.99. The molecule has 0 aliphatic heterocycles. The first-order valence-electron chi connectivity index (χ1n) is 8.55. The summed E-state index contributed by atoms with van der Waals surface area (Å²) in [5.74, 6) is -0.682. The fourth-order valence-corrected chi connectivity index (χ4v) is 3.26. The minimum Gasteiger partial charge on any atom is -0.491 e. The van der Waals surface area contributed by atoms with Gasteiger partial charge in [-0.2, -0.15) is 5.10 Å². The molecule has 3 atom stereocenters. The molecule has 0 aromatic heterocycles. The van der Waals surface area contributed by atoms with Gasteiger partial charge in [0.1, 0.15) is 12.0 Å². The molecule has 2 aliphatic carbocycles. The number of hydrazone groups is 1. The van der Waals surface area contributed by atoms with Crippen LogP contribution in [0.2, 0.25) is 0 Å². The van der Waals surface area contributed by atoms with Crippen LogP contribution in [-0.2, 0) is 14.3 Å². The molecule has 25 heavy (non-hydrogen) atoms. The van der Waals surface area contributed by atoms with Crippen molar-refractivity contribution in [1.29, 1.82) is 0 Å². The van der Waals surface area contributed by atoms with Crippen LogP contribution in [-0.4, -0.2) is 48.3 Å². The Bertz CT molecular complexity index is 635. The normalized spacial score (nSPS) is 28.6. The Morgan fingerprint density at radius 3 is 2.76 bits per heavy atom. The molecule has 0 saturated heterocycles. The van der Waals surface area contributed by atoms with Crippen molar-refractivity contribution in [3.05, 3.63) is 36.1 Å². The van der Waals surface area contributed by atoms with Crippen LogP contribution in [0.3, 0.4) is 0 Å². The Morgan fingerprint density at radius 2 is 2.24 bits per heavy atom. The highest BCUT2D eigenvalue weighted by Crippen LogP contribution is 2.60.